The summed E-state index contributed by atoms with van der Waals surface area (Å²) >= 11 is 0. The van der Waals surface area contributed by atoms with Gasteiger partial charge < -0.3 is 9.64 Å². The number of hydrogen-bond donors (Lipinski definition) is 0. The van der Waals surface area contributed by atoms with Crippen molar-refractivity contribution in [2.45, 2.75) is 13.0 Å². The zero-order chi connectivity index (χ0) is 16.7. The van der Waals surface area contributed by atoms with Gasteiger partial charge in [-0.3, -0.25) is 4.79 Å². The molecule has 0 unspecified atom stereocenters. The number of ether oxygens (including phenoxy) is 1. The maximum atomic E-state index is 12.8. The molecule has 0 fully saturated rings. The Morgan fingerprint density at radius 3 is 3.04 bits per heavy atom. The van der Waals surface area contributed by atoms with Crippen molar-refractivity contribution in [1.82, 2.24) is 24.6 Å². The summed E-state index contributed by atoms with van der Waals surface area (Å²) in [5.74, 6) is 0.684. The number of amides is 1. The molecule has 4 rings (SSSR count). The lowest BCUT2D eigenvalue weighted by atomic mass is 10.1. The molecule has 0 saturated heterocycles. The lowest BCUT2D eigenvalue weighted by molar-refractivity contribution is 0.0733. The van der Waals surface area contributed by atoms with Gasteiger partial charge in [-0.25, -0.2) is 14.6 Å². The maximum absolute atomic E-state index is 12.8. The summed E-state index contributed by atoms with van der Waals surface area (Å²) in [7, 11) is 3.44. The number of hydrogen-bond acceptors (Lipinski definition) is 5. The molecule has 0 atom stereocenters. The van der Waals surface area contributed by atoms with Gasteiger partial charge in [0.2, 0.25) is 5.88 Å². The van der Waals surface area contributed by atoms with Crippen LogP contribution in [-0.2, 0) is 20.0 Å². The average molecular weight is 323 g/mol. The second-order valence-electron chi connectivity index (χ2n) is 5.84. The second kappa shape index (κ2) is 5.59. The van der Waals surface area contributed by atoms with Gasteiger partial charge in [0, 0.05) is 43.9 Å². The van der Waals surface area contributed by atoms with Crippen molar-refractivity contribution >= 4 is 16.8 Å². The van der Waals surface area contributed by atoms with Crippen LogP contribution < -0.4 is 4.74 Å². The normalized spacial score (nSPS) is 13.8. The number of benzene rings is 1. The molecule has 0 spiro atoms. The first-order valence-electron chi connectivity index (χ1n) is 7.75. The molecule has 1 amide bonds. The van der Waals surface area contributed by atoms with Gasteiger partial charge in [-0.05, 0) is 18.2 Å². The number of fused-ring (bicyclic) bond motifs is 2. The first-order valence-corrected chi connectivity index (χ1v) is 7.75. The van der Waals surface area contributed by atoms with Crippen LogP contribution in [0.5, 0.6) is 5.88 Å². The van der Waals surface area contributed by atoms with E-state index in [1.165, 1.54) is 0 Å². The van der Waals surface area contributed by atoms with Gasteiger partial charge in [0.1, 0.15) is 6.33 Å². The standard InChI is InChI=1S/C17H17N5O2/c1-21-17(24-2)13-4-3-11(7-15(13)20-21)16(23)22-6-5-14-12(9-22)8-18-10-19-14/h3-4,7-8,10H,5-6,9H2,1-2H3. The minimum atomic E-state index is -0.00368. The molecule has 7 heteroatoms. The summed E-state index contributed by atoms with van der Waals surface area (Å²) in [5, 5.41) is 5.31. The van der Waals surface area contributed by atoms with E-state index in [-0.39, 0.29) is 5.91 Å². The Balaban J connectivity index is 1.64. The first-order chi connectivity index (χ1) is 11.7. The number of carbonyl (C=O) groups excluding carboxylic acids is 1. The fourth-order valence-electron chi connectivity index (χ4n) is 3.17. The highest BCUT2D eigenvalue weighted by atomic mass is 16.5. The van der Waals surface area contributed by atoms with Crippen molar-refractivity contribution in [1.29, 1.82) is 0 Å². The topological polar surface area (TPSA) is 73.1 Å². The van der Waals surface area contributed by atoms with Crippen molar-refractivity contribution in [3.05, 3.63) is 47.5 Å². The molecule has 1 aromatic carbocycles. The molecule has 2 aromatic heterocycles. The zero-order valence-corrected chi connectivity index (χ0v) is 13.6. The quantitative estimate of drug-likeness (QED) is 0.716. The van der Waals surface area contributed by atoms with E-state index in [9.17, 15) is 4.79 Å². The van der Waals surface area contributed by atoms with Crippen LogP contribution >= 0.6 is 0 Å². The Bertz CT molecular complexity index is 934. The van der Waals surface area contributed by atoms with Crippen LogP contribution in [-0.4, -0.2) is 44.2 Å². The maximum Gasteiger partial charge on any atom is 0.254 e. The van der Waals surface area contributed by atoms with Crippen molar-refractivity contribution < 1.29 is 9.53 Å². The molecule has 0 radical (unpaired) electrons. The molecule has 0 bridgehead atoms. The lowest BCUT2D eigenvalue weighted by Crippen LogP contribution is -2.36. The third kappa shape index (κ3) is 2.29. The second-order valence-corrected chi connectivity index (χ2v) is 5.84. The van der Waals surface area contributed by atoms with Crippen molar-refractivity contribution in [3.8, 4) is 5.88 Å². The first kappa shape index (κ1) is 14.6. The molecule has 3 aromatic rings. The molecule has 0 saturated carbocycles. The number of methoxy groups -OCH3 is 1. The fraction of sp³-hybridized carbons (Fsp3) is 0.294. The summed E-state index contributed by atoms with van der Waals surface area (Å²) in [6.45, 7) is 1.20. The summed E-state index contributed by atoms with van der Waals surface area (Å²) in [6, 6.07) is 5.53. The van der Waals surface area contributed by atoms with E-state index in [0.717, 1.165) is 28.6 Å². The Morgan fingerprint density at radius 1 is 1.33 bits per heavy atom. The summed E-state index contributed by atoms with van der Waals surface area (Å²) in [5.41, 5.74) is 3.42. The molecule has 3 heterocycles. The SMILES string of the molecule is COc1c2ccc(C(=O)N3CCc4ncncc4C3)cc2nn1C. The highest BCUT2D eigenvalue weighted by molar-refractivity contribution is 5.98. The van der Waals surface area contributed by atoms with E-state index in [2.05, 4.69) is 15.1 Å². The van der Waals surface area contributed by atoms with Crippen LogP contribution in [0.4, 0.5) is 0 Å². The van der Waals surface area contributed by atoms with Crippen molar-refractivity contribution in [2.24, 2.45) is 7.05 Å². The van der Waals surface area contributed by atoms with Crippen LogP contribution in [0.25, 0.3) is 10.9 Å². The summed E-state index contributed by atoms with van der Waals surface area (Å²) in [4.78, 5) is 23.0. The third-order valence-corrected chi connectivity index (χ3v) is 4.37. The van der Waals surface area contributed by atoms with Crippen molar-refractivity contribution in [3.63, 3.8) is 0 Å². The lowest BCUT2D eigenvalue weighted by Gasteiger charge is -2.27. The number of carbonyl (C=O) groups is 1. The molecule has 122 valence electrons. The van der Waals surface area contributed by atoms with E-state index in [4.69, 9.17) is 4.74 Å². The van der Waals surface area contributed by atoms with E-state index in [1.807, 2.05) is 30.1 Å². The van der Waals surface area contributed by atoms with Gasteiger partial charge in [-0.2, -0.15) is 5.10 Å². The third-order valence-electron chi connectivity index (χ3n) is 4.37. The Hall–Kier alpha value is -2.96. The highest BCUT2D eigenvalue weighted by Crippen LogP contribution is 2.26. The highest BCUT2D eigenvalue weighted by Gasteiger charge is 2.23. The molecular weight excluding hydrogens is 306 g/mol. The molecule has 7 nitrogen and oxygen atoms in total. The molecule has 0 N–H and O–H groups in total. The molecule has 0 aliphatic carbocycles. The van der Waals surface area contributed by atoms with E-state index in [1.54, 1.807) is 24.3 Å². The Labute approximate surface area is 138 Å². The van der Waals surface area contributed by atoms with Crippen LogP contribution in [0.15, 0.2) is 30.7 Å². The molecule has 1 aliphatic heterocycles. The van der Waals surface area contributed by atoms with Crippen LogP contribution in [0, 0.1) is 0 Å². The van der Waals surface area contributed by atoms with Gasteiger partial charge in [-0.1, -0.05) is 0 Å². The molecule has 24 heavy (non-hydrogen) atoms. The zero-order valence-electron chi connectivity index (χ0n) is 13.6. The smallest absolute Gasteiger partial charge is 0.254 e. The predicted octanol–water partition coefficient (Wildman–Crippen LogP) is 1.57. The van der Waals surface area contributed by atoms with Gasteiger partial charge in [0.15, 0.2) is 0 Å². The predicted molar refractivity (Wildman–Crippen MR) is 87.7 cm³/mol. The number of aryl methyl sites for hydroxylation is 1. The van der Waals surface area contributed by atoms with Gasteiger partial charge in [0.25, 0.3) is 5.91 Å². The Kier molecular flexibility index (Phi) is 3.41. The van der Waals surface area contributed by atoms with E-state index >= 15 is 0 Å². The fourth-order valence-corrected chi connectivity index (χ4v) is 3.17. The monoisotopic (exact) mass is 323 g/mol. The van der Waals surface area contributed by atoms with Crippen LogP contribution in [0.2, 0.25) is 0 Å². The van der Waals surface area contributed by atoms with E-state index in [0.29, 0.717) is 24.5 Å². The van der Waals surface area contributed by atoms with Crippen LogP contribution in [0.1, 0.15) is 21.6 Å². The minimum absolute atomic E-state index is 0.00368. The number of aromatic nitrogens is 4. The van der Waals surface area contributed by atoms with Gasteiger partial charge >= 0.3 is 0 Å². The summed E-state index contributed by atoms with van der Waals surface area (Å²) < 4.78 is 7.02. The molecular formula is C17H17N5O2. The largest absolute Gasteiger partial charge is 0.481 e. The van der Waals surface area contributed by atoms with Crippen molar-refractivity contribution in [2.75, 3.05) is 13.7 Å². The van der Waals surface area contributed by atoms with Crippen LogP contribution in [0.3, 0.4) is 0 Å². The van der Waals surface area contributed by atoms with Gasteiger partial charge in [0.05, 0.1) is 23.7 Å². The number of nitrogens with zero attached hydrogens (tertiary/aromatic N) is 5. The van der Waals surface area contributed by atoms with Gasteiger partial charge in [-0.15, -0.1) is 0 Å². The summed E-state index contributed by atoms with van der Waals surface area (Å²) in [6.07, 6.45) is 4.09. The van der Waals surface area contributed by atoms with E-state index < -0.39 is 0 Å². The number of rotatable bonds is 2. The molecule has 1 aliphatic rings. The Morgan fingerprint density at radius 2 is 2.21 bits per heavy atom. The minimum Gasteiger partial charge on any atom is -0.481 e. The average Bonchev–Trinajstić information content (AvgIpc) is 2.94.